The molecule has 0 saturated carbocycles. The summed E-state index contributed by atoms with van der Waals surface area (Å²) in [5.74, 6) is -2.38. The van der Waals surface area contributed by atoms with E-state index in [1.165, 1.54) is 24.3 Å². The molecular weight excluding hydrogens is 438 g/mol. The van der Waals surface area contributed by atoms with Crippen LogP contribution in [0.4, 0.5) is 14.8 Å². The molecule has 1 aliphatic rings. The van der Waals surface area contributed by atoms with Crippen LogP contribution < -0.4 is 4.90 Å². The van der Waals surface area contributed by atoms with Crippen LogP contribution in [-0.2, 0) is 21.7 Å². The molecule has 3 aromatic rings. The Hall–Kier alpha value is -2.98. The van der Waals surface area contributed by atoms with Crippen LogP contribution in [0.5, 0.6) is 0 Å². The quantitative estimate of drug-likeness (QED) is 0.574. The first-order valence-electron chi connectivity index (χ1n) is 9.91. The van der Waals surface area contributed by atoms with E-state index in [1.807, 2.05) is 47.2 Å². The molecule has 170 valence electrons. The second kappa shape index (κ2) is 10.1. The number of carbonyl (C=O) groups excluding carboxylic acids is 1. The fourth-order valence-electron chi connectivity index (χ4n) is 3.22. The van der Waals surface area contributed by atoms with Crippen LogP contribution in [0, 0.1) is 6.92 Å². The number of anilines is 1. The molecule has 0 spiro atoms. The number of aryl methyl sites for hydroxylation is 1. The molecule has 32 heavy (non-hydrogen) atoms. The zero-order chi connectivity index (χ0) is 23.3. The van der Waals surface area contributed by atoms with Crippen LogP contribution >= 0.6 is 0 Å². The molecule has 7 nitrogen and oxygen atoms in total. The molecule has 1 fully saturated rings. The third-order valence-electron chi connectivity index (χ3n) is 5.03. The summed E-state index contributed by atoms with van der Waals surface area (Å²) < 4.78 is 46.8. The smallest absolute Gasteiger partial charge is 0.322 e. The number of halogens is 2. The van der Waals surface area contributed by atoms with Crippen LogP contribution in [0.1, 0.15) is 18.1 Å². The largest absolute Gasteiger partial charge is 0.324 e. The Morgan fingerprint density at radius 2 is 1.59 bits per heavy atom. The molecule has 0 amide bonds. The first-order valence-corrected chi connectivity index (χ1v) is 11.0. The molecule has 0 radical (unpaired) electrons. The van der Waals surface area contributed by atoms with Crippen molar-refractivity contribution in [1.29, 1.82) is 0 Å². The maximum atomic E-state index is 13.4. The van der Waals surface area contributed by atoms with Gasteiger partial charge in [-0.15, -0.1) is 0 Å². The summed E-state index contributed by atoms with van der Waals surface area (Å²) in [6, 6.07) is 14.0. The van der Waals surface area contributed by atoms with E-state index in [2.05, 4.69) is 10.1 Å². The number of aromatic nitrogens is 2. The summed E-state index contributed by atoms with van der Waals surface area (Å²) in [5.41, 5.74) is 1.95. The van der Waals surface area contributed by atoms with E-state index in [1.54, 1.807) is 0 Å². The topological polar surface area (TPSA) is 79.5 Å². The minimum Gasteiger partial charge on any atom is -0.322 e. The summed E-state index contributed by atoms with van der Waals surface area (Å²) in [4.78, 5) is 14.9. The van der Waals surface area contributed by atoms with Gasteiger partial charge < -0.3 is 14.2 Å². The highest BCUT2D eigenvalue weighted by Gasteiger charge is 2.27. The Labute approximate surface area is 187 Å². The van der Waals surface area contributed by atoms with Crippen molar-refractivity contribution in [2.75, 3.05) is 31.1 Å². The summed E-state index contributed by atoms with van der Waals surface area (Å²) >= 11 is 0. The van der Waals surface area contributed by atoms with Gasteiger partial charge in [-0.1, -0.05) is 47.1 Å². The molecule has 10 heteroatoms. The molecule has 0 N–H and O–H groups in total. The molecule has 0 bridgehead atoms. The number of carbonyl (C=O) groups is 1. The van der Waals surface area contributed by atoms with Gasteiger partial charge in [0.1, 0.15) is 17.8 Å². The predicted octanol–water partition coefficient (Wildman–Crippen LogP) is 3.82. The lowest BCUT2D eigenvalue weighted by Crippen LogP contribution is -2.47. The Bertz CT molecular complexity index is 1040. The number of benzene rings is 2. The highest BCUT2D eigenvalue weighted by molar-refractivity contribution is 7.82. The van der Waals surface area contributed by atoms with Gasteiger partial charge in [0.25, 0.3) is 5.92 Å². The average Bonchev–Trinajstić information content (AvgIpc) is 3.30. The molecule has 2 aromatic carbocycles. The van der Waals surface area contributed by atoms with Gasteiger partial charge in [0.2, 0.25) is 5.82 Å². The Balaban J connectivity index is 0.00000141. The second-order valence-corrected chi connectivity index (χ2v) is 8.83. The van der Waals surface area contributed by atoms with Crippen LogP contribution in [-0.4, -0.2) is 51.6 Å². The molecular formula is C22H24F2N4O3S. The van der Waals surface area contributed by atoms with Crippen molar-refractivity contribution >= 4 is 23.8 Å². The Morgan fingerprint density at radius 3 is 2.16 bits per heavy atom. The van der Waals surface area contributed by atoms with E-state index >= 15 is 0 Å². The molecule has 2 heterocycles. The van der Waals surface area contributed by atoms with Crippen molar-refractivity contribution in [1.82, 2.24) is 14.4 Å². The Kier molecular flexibility index (Phi) is 7.47. The standard InChI is InChI=1S/C21H22F2N4O2S.CH2O/c1-15-3-5-16(6-4-15)19-24-20(29-25-19)26-11-13-27(14-12-26)30(28)18-9-7-17(8-10-18)21(2,22)23;1-2/h3-10H,11-14H2,1-2H3;1H2. The zero-order valence-electron chi connectivity index (χ0n) is 17.8. The molecule has 1 atom stereocenters. The van der Waals surface area contributed by atoms with Crippen molar-refractivity contribution in [2.24, 2.45) is 0 Å². The lowest BCUT2D eigenvalue weighted by Gasteiger charge is -2.32. The summed E-state index contributed by atoms with van der Waals surface area (Å²) in [6.45, 7) is 7.07. The van der Waals surface area contributed by atoms with Gasteiger partial charge >= 0.3 is 6.01 Å². The normalized spacial score (nSPS) is 15.7. The predicted molar refractivity (Wildman–Crippen MR) is 118 cm³/mol. The number of hydrogen-bond donors (Lipinski definition) is 0. The number of piperazine rings is 1. The van der Waals surface area contributed by atoms with Crippen LogP contribution in [0.25, 0.3) is 11.4 Å². The van der Waals surface area contributed by atoms with Crippen molar-refractivity contribution in [3.05, 3.63) is 59.7 Å². The number of rotatable bonds is 5. The van der Waals surface area contributed by atoms with E-state index in [-0.39, 0.29) is 5.56 Å². The van der Waals surface area contributed by atoms with Crippen molar-refractivity contribution in [3.8, 4) is 11.4 Å². The molecule has 1 unspecified atom stereocenters. The minimum atomic E-state index is -2.91. The van der Waals surface area contributed by atoms with Crippen LogP contribution in [0.15, 0.2) is 57.9 Å². The van der Waals surface area contributed by atoms with E-state index in [9.17, 15) is 13.0 Å². The van der Waals surface area contributed by atoms with Crippen LogP contribution in [0.2, 0.25) is 0 Å². The summed E-state index contributed by atoms with van der Waals surface area (Å²) in [6.07, 6.45) is 0. The zero-order valence-corrected chi connectivity index (χ0v) is 18.6. The van der Waals surface area contributed by atoms with Crippen molar-refractivity contribution < 1.29 is 22.3 Å². The van der Waals surface area contributed by atoms with Gasteiger partial charge in [-0.2, -0.15) is 4.98 Å². The van der Waals surface area contributed by atoms with Gasteiger partial charge in [0.15, 0.2) is 0 Å². The average molecular weight is 463 g/mol. The van der Waals surface area contributed by atoms with Gasteiger partial charge in [0.05, 0.1) is 4.90 Å². The minimum absolute atomic E-state index is 0.0890. The monoisotopic (exact) mass is 462 g/mol. The van der Waals surface area contributed by atoms with E-state index in [0.717, 1.165) is 18.1 Å². The number of hydrogen-bond acceptors (Lipinski definition) is 6. The lowest BCUT2D eigenvalue weighted by molar-refractivity contribution is -0.0980. The molecule has 0 aliphatic carbocycles. The van der Waals surface area contributed by atoms with E-state index in [0.29, 0.717) is 42.9 Å². The fraction of sp³-hybridized carbons (Fsp3) is 0.318. The number of nitrogens with zero attached hydrogens (tertiary/aromatic N) is 4. The number of alkyl halides is 2. The van der Waals surface area contributed by atoms with Gasteiger partial charge in [0, 0.05) is 44.2 Å². The highest BCUT2D eigenvalue weighted by Crippen LogP contribution is 2.28. The highest BCUT2D eigenvalue weighted by atomic mass is 32.2. The molecule has 1 aromatic heterocycles. The van der Waals surface area contributed by atoms with Gasteiger partial charge in [-0.05, 0) is 19.1 Å². The summed E-state index contributed by atoms with van der Waals surface area (Å²) in [7, 11) is -1.41. The lowest BCUT2D eigenvalue weighted by atomic mass is 10.1. The first kappa shape index (κ1) is 23.7. The molecule has 1 saturated heterocycles. The second-order valence-electron chi connectivity index (χ2n) is 7.34. The van der Waals surface area contributed by atoms with E-state index < -0.39 is 16.9 Å². The Morgan fingerprint density at radius 1 is 1.00 bits per heavy atom. The maximum Gasteiger partial charge on any atom is 0.324 e. The molecule has 4 rings (SSSR count). The third kappa shape index (κ3) is 5.43. The fourth-order valence-corrected chi connectivity index (χ4v) is 4.38. The van der Waals surface area contributed by atoms with Gasteiger partial charge in [-0.3, -0.25) is 0 Å². The first-order chi connectivity index (χ1) is 15.3. The van der Waals surface area contributed by atoms with Gasteiger partial charge in [-0.25, -0.2) is 17.3 Å². The van der Waals surface area contributed by atoms with E-state index in [4.69, 9.17) is 9.32 Å². The summed E-state index contributed by atoms with van der Waals surface area (Å²) in [5, 5.41) is 4.06. The van der Waals surface area contributed by atoms with Crippen LogP contribution in [0.3, 0.4) is 0 Å². The van der Waals surface area contributed by atoms with Crippen molar-refractivity contribution in [3.63, 3.8) is 0 Å². The maximum absolute atomic E-state index is 13.4. The SMILES string of the molecule is C=O.Cc1ccc(-c2noc(N3CCN(S(=O)c4ccc(C(C)(F)F)cc4)CC3)n2)cc1. The molecule has 1 aliphatic heterocycles. The third-order valence-corrected chi connectivity index (χ3v) is 6.54. The van der Waals surface area contributed by atoms with Crippen molar-refractivity contribution in [2.45, 2.75) is 24.7 Å².